The van der Waals surface area contributed by atoms with Crippen LogP contribution in [0.25, 0.3) is 0 Å². The summed E-state index contributed by atoms with van der Waals surface area (Å²) in [5.41, 5.74) is 0.271. The number of esters is 1. The average Bonchev–Trinajstić information content (AvgIpc) is 2.74. The summed E-state index contributed by atoms with van der Waals surface area (Å²) in [4.78, 5) is 26.6. The number of carbonyl (C=O) groups excluding carboxylic acids is 2. The topological polar surface area (TPSA) is 67.9 Å². The Balaban J connectivity index is 1.57. The number of hydrogen-bond acceptors (Lipinski definition) is 5. The minimum atomic E-state index is -4.58. The van der Waals surface area contributed by atoms with Crippen molar-refractivity contribution in [2.75, 3.05) is 36.5 Å². The molecule has 9 heteroatoms. The summed E-state index contributed by atoms with van der Waals surface area (Å²) in [6, 6.07) is 11.0. The maximum Gasteiger partial charge on any atom is 0.416 e. The van der Waals surface area contributed by atoms with Crippen LogP contribution in [0.3, 0.4) is 0 Å². The molecule has 1 amide bonds. The standard InChI is InChI=1S/C21H21F3N2O4/c1-14(30-20(28)15-3-2-4-16(13-15)21(22,23)24)19(27)25-17-5-7-18(8-6-17)26-9-11-29-12-10-26/h2-8,13-14H,9-12H2,1H3,(H,25,27). The van der Waals surface area contributed by atoms with Crippen LogP contribution in [0.15, 0.2) is 48.5 Å². The van der Waals surface area contributed by atoms with E-state index in [0.29, 0.717) is 25.0 Å². The normalized spacial score (nSPS) is 15.4. The molecule has 0 aliphatic carbocycles. The molecule has 1 aliphatic heterocycles. The molecule has 6 nitrogen and oxygen atoms in total. The van der Waals surface area contributed by atoms with Gasteiger partial charge in [0.15, 0.2) is 6.10 Å². The van der Waals surface area contributed by atoms with Crippen LogP contribution in [0.5, 0.6) is 0 Å². The number of halogens is 3. The summed E-state index contributed by atoms with van der Waals surface area (Å²) in [6.45, 7) is 4.24. The fourth-order valence-corrected chi connectivity index (χ4v) is 2.93. The lowest BCUT2D eigenvalue weighted by Crippen LogP contribution is -2.36. The van der Waals surface area contributed by atoms with Gasteiger partial charge >= 0.3 is 12.1 Å². The lowest BCUT2D eigenvalue weighted by Gasteiger charge is -2.28. The molecule has 0 spiro atoms. The molecule has 0 radical (unpaired) electrons. The Kier molecular flexibility index (Phi) is 6.61. The summed E-state index contributed by atoms with van der Waals surface area (Å²) in [5.74, 6) is -1.60. The summed E-state index contributed by atoms with van der Waals surface area (Å²) in [7, 11) is 0. The first-order valence-corrected chi connectivity index (χ1v) is 9.36. The largest absolute Gasteiger partial charge is 0.449 e. The van der Waals surface area contributed by atoms with E-state index in [1.807, 2.05) is 12.1 Å². The van der Waals surface area contributed by atoms with Crippen molar-refractivity contribution in [2.24, 2.45) is 0 Å². The molecule has 2 aromatic rings. The highest BCUT2D eigenvalue weighted by atomic mass is 19.4. The van der Waals surface area contributed by atoms with Gasteiger partial charge in [0.25, 0.3) is 5.91 Å². The summed E-state index contributed by atoms with van der Waals surface area (Å²) < 4.78 is 48.7. The number of nitrogens with one attached hydrogen (secondary N) is 1. The van der Waals surface area contributed by atoms with Gasteiger partial charge in [-0.1, -0.05) is 6.07 Å². The first-order chi connectivity index (χ1) is 14.2. The van der Waals surface area contributed by atoms with Gasteiger partial charge < -0.3 is 19.7 Å². The van der Waals surface area contributed by atoms with E-state index in [2.05, 4.69) is 10.2 Å². The van der Waals surface area contributed by atoms with Gasteiger partial charge in [-0.15, -0.1) is 0 Å². The number of anilines is 2. The van der Waals surface area contributed by atoms with Crippen molar-refractivity contribution in [1.82, 2.24) is 0 Å². The van der Waals surface area contributed by atoms with Gasteiger partial charge in [-0.2, -0.15) is 13.2 Å². The maximum absolute atomic E-state index is 12.8. The second-order valence-electron chi connectivity index (χ2n) is 6.76. The van der Waals surface area contributed by atoms with Crippen molar-refractivity contribution < 1.29 is 32.2 Å². The van der Waals surface area contributed by atoms with E-state index in [1.165, 1.54) is 13.0 Å². The Morgan fingerprint density at radius 2 is 1.77 bits per heavy atom. The molecule has 30 heavy (non-hydrogen) atoms. The monoisotopic (exact) mass is 422 g/mol. The molecule has 160 valence electrons. The van der Waals surface area contributed by atoms with E-state index < -0.39 is 29.7 Å². The molecule has 1 heterocycles. The number of ether oxygens (including phenoxy) is 2. The maximum atomic E-state index is 12.8. The SMILES string of the molecule is CC(OC(=O)c1cccc(C(F)(F)F)c1)C(=O)Nc1ccc(N2CCOCC2)cc1. The van der Waals surface area contributed by atoms with Crippen LogP contribution in [0.1, 0.15) is 22.8 Å². The first kappa shape index (κ1) is 21.6. The molecule has 2 aromatic carbocycles. The van der Waals surface area contributed by atoms with Crippen LogP contribution in [-0.2, 0) is 20.4 Å². The average molecular weight is 422 g/mol. The van der Waals surface area contributed by atoms with Crippen molar-refractivity contribution in [2.45, 2.75) is 19.2 Å². The Morgan fingerprint density at radius 3 is 2.40 bits per heavy atom. The lowest BCUT2D eigenvalue weighted by atomic mass is 10.1. The third-order valence-electron chi connectivity index (χ3n) is 4.59. The minimum Gasteiger partial charge on any atom is -0.449 e. The molecule has 1 fully saturated rings. The first-order valence-electron chi connectivity index (χ1n) is 9.36. The number of carbonyl (C=O) groups is 2. The molecule has 3 rings (SSSR count). The van der Waals surface area contributed by atoms with Gasteiger partial charge in [0.2, 0.25) is 0 Å². The predicted molar refractivity (Wildman–Crippen MR) is 104 cm³/mol. The quantitative estimate of drug-likeness (QED) is 0.744. The number of rotatable bonds is 5. The van der Waals surface area contributed by atoms with Crippen LogP contribution >= 0.6 is 0 Å². The highest BCUT2D eigenvalue weighted by Crippen LogP contribution is 2.29. The van der Waals surface area contributed by atoms with E-state index >= 15 is 0 Å². The molecular weight excluding hydrogens is 401 g/mol. The zero-order valence-electron chi connectivity index (χ0n) is 16.2. The van der Waals surface area contributed by atoms with Gasteiger partial charge in [-0.25, -0.2) is 4.79 Å². The molecule has 1 unspecified atom stereocenters. The molecule has 0 saturated carbocycles. The van der Waals surface area contributed by atoms with Crippen LogP contribution in [0, 0.1) is 0 Å². The van der Waals surface area contributed by atoms with Crippen molar-refractivity contribution in [3.05, 3.63) is 59.7 Å². The van der Waals surface area contributed by atoms with E-state index in [1.54, 1.807) is 12.1 Å². The van der Waals surface area contributed by atoms with Crippen molar-refractivity contribution in [3.8, 4) is 0 Å². The summed E-state index contributed by atoms with van der Waals surface area (Å²) in [5, 5.41) is 2.62. The zero-order chi connectivity index (χ0) is 21.7. The van der Waals surface area contributed by atoms with Gasteiger partial charge in [0.1, 0.15) is 0 Å². The van der Waals surface area contributed by atoms with Gasteiger partial charge in [0.05, 0.1) is 24.3 Å². The Bertz CT molecular complexity index is 894. The highest BCUT2D eigenvalue weighted by molar-refractivity contribution is 5.97. The summed E-state index contributed by atoms with van der Waals surface area (Å²) in [6.07, 6.45) is -5.77. The smallest absolute Gasteiger partial charge is 0.416 e. The van der Waals surface area contributed by atoms with Crippen LogP contribution in [0.2, 0.25) is 0 Å². The molecule has 1 aliphatic rings. The molecule has 1 N–H and O–H groups in total. The van der Waals surface area contributed by atoms with Crippen molar-refractivity contribution in [1.29, 1.82) is 0 Å². The number of hydrogen-bond donors (Lipinski definition) is 1. The summed E-state index contributed by atoms with van der Waals surface area (Å²) >= 11 is 0. The Labute approximate surface area is 171 Å². The van der Waals surface area contributed by atoms with E-state index in [4.69, 9.17) is 9.47 Å². The molecule has 0 aromatic heterocycles. The number of benzene rings is 2. The van der Waals surface area contributed by atoms with Crippen LogP contribution in [-0.4, -0.2) is 44.3 Å². The lowest BCUT2D eigenvalue weighted by molar-refractivity contribution is -0.137. The fraction of sp³-hybridized carbons (Fsp3) is 0.333. The fourth-order valence-electron chi connectivity index (χ4n) is 2.93. The van der Waals surface area contributed by atoms with Crippen molar-refractivity contribution >= 4 is 23.3 Å². The number of alkyl halides is 3. The predicted octanol–water partition coefficient (Wildman–Crippen LogP) is 3.73. The molecule has 1 atom stereocenters. The number of nitrogens with zero attached hydrogens (tertiary/aromatic N) is 1. The van der Waals surface area contributed by atoms with E-state index in [-0.39, 0.29) is 5.56 Å². The van der Waals surface area contributed by atoms with Gasteiger partial charge in [-0.05, 0) is 49.4 Å². The van der Waals surface area contributed by atoms with E-state index in [9.17, 15) is 22.8 Å². The molecular formula is C21H21F3N2O4. The van der Waals surface area contributed by atoms with E-state index in [0.717, 1.165) is 30.9 Å². The zero-order valence-corrected chi connectivity index (χ0v) is 16.2. The third kappa shape index (κ3) is 5.50. The number of amides is 1. The second kappa shape index (κ2) is 9.17. The Morgan fingerprint density at radius 1 is 1.10 bits per heavy atom. The second-order valence-corrected chi connectivity index (χ2v) is 6.76. The molecule has 1 saturated heterocycles. The Hall–Kier alpha value is -3.07. The highest BCUT2D eigenvalue weighted by Gasteiger charge is 2.31. The van der Waals surface area contributed by atoms with Gasteiger partial charge in [0, 0.05) is 24.5 Å². The molecule has 0 bridgehead atoms. The number of morpholine rings is 1. The van der Waals surface area contributed by atoms with Crippen LogP contribution < -0.4 is 10.2 Å². The van der Waals surface area contributed by atoms with Crippen molar-refractivity contribution in [3.63, 3.8) is 0 Å². The minimum absolute atomic E-state index is 0.278. The third-order valence-corrected chi connectivity index (χ3v) is 4.59. The van der Waals surface area contributed by atoms with Gasteiger partial charge in [-0.3, -0.25) is 4.79 Å². The van der Waals surface area contributed by atoms with Crippen LogP contribution in [0.4, 0.5) is 24.5 Å².